The fraction of sp³-hybridized carbons (Fsp3) is 0.118. The van der Waals surface area contributed by atoms with Crippen LogP contribution in [0, 0.1) is 0 Å². The molecule has 0 spiro atoms. The third kappa shape index (κ3) is 4.00. The van der Waals surface area contributed by atoms with Gasteiger partial charge in [0.2, 0.25) is 0 Å². The lowest BCUT2D eigenvalue weighted by Gasteiger charge is -2.10. The van der Waals surface area contributed by atoms with Gasteiger partial charge in [0, 0.05) is 21.5 Å². The van der Waals surface area contributed by atoms with E-state index < -0.39 is 10.0 Å². The number of rotatable bonds is 6. The van der Waals surface area contributed by atoms with Crippen molar-refractivity contribution in [3.63, 3.8) is 0 Å². The van der Waals surface area contributed by atoms with Crippen molar-refractivity contribution in [1.82, 2.24) is 4.98 Å². The lowest BCUT2D eigenvalue weighted by atomic mass is 10.2. The van der Waals surface area contributed by atoms with Gasteiger partial charge in [0.15, 0.2) is 16.6 Å². The number of nitrogens with one attached hydrogen (secondary N) is 1. The van der Waals surface area contributed by atoms with Gasteiger partial charge < -0.3 is 9.47 Å². The molecular formula is C17H15BrN2O4S2. The Morgan fingerprint density at radius 2 is 1.73 bits per heavy atom. The number of nitrogens with zero attached hydrogens (tertiary/aromatic N) is 1. The molecule has 0 amide bonds. The third-order valence-corrected chi connectivity index (χ3v) is 6.28. The average Bonchev–Trinajstić information content (AvgIpc) is 3.09. The first-order valence-corrected chi connectivity index (χ1v) is 10.5. The molecule has 3 rings (SSSR count). The standard InChI is InChI=1S/C17H15BrN2O4S2/c1-23-15-8-7-13(9-16(15)24-2)26(21,22)20-17-19-14(10-25-17)11-3-5-12(18)6-4-11/h3-10H,1-2H3,(H,19,20). The molecule has 0 unspecified atom stereocenters. The minimum atomic E-state index is -3.79. The van der Waals surface area contributed by atoms with Crippen molar-refractivity contribution >= 4 is 42.4 Å². The highest BCUT2D eigenvalue weighted by atomic mass is 79.9. The zero-order chi connectivity index (χ0) is 18.7. The van der Waals surface area contributed by atoms with Crippen molar-refractivity contribution in [2.75, 3.05) is 18.9 Å². The molecule has 0 radical (unpaired) electrons. The van der Waals surface area contributed by atoms with Gasteiger partial charge in [0.25, 0.3) is 10.0 Å². The van der Waals surface area contributed by atoms with E-state index in [1.54, 1.807) is 11.4 Å². The predicted octanol–water partition coefficient (Wildman–Crippen LogP) is 4.39. The van der Waals surface area contributed by atoms with Gasteiger partial charge in [-0.2, -0.15) is 0 Å². The predicted molar refractivity (Wildman–Crippen MR) is 106 cm³/mol. The Hall–Kier alpha value is -2.10. The summed E-state index contributed by atoms with van der Waals surface area (Å²) in [6.07, 6.45) is 0. The molecule has 2 aromatic carbocycles. The van der Waals surface area contributed by atoms with E-state index in [0.29, 0.717) is 17.2 Å². The number of methoxy groups -OCH3 is 2. The first-order chi connectivity index (χ1) is 12.4. The van der Waals surface area contributed by atoms with Gasteiger partial charge in [-0.1, -0.05) is 28.1 Å². The summed E-state index contributed by atoms with van der Waals surface area (Å²) < 4.78 is 39.0. The molecule has 0 atom stereocenters. The van der Waals surface area contributed by atoms with Gasteiger partial charge in [0.05, 0.1) is 24.8 Å². The zero-order valence-corrected chi connectivity index (χ0v) is 17.1. The van der Waals surface area contributed by atoms with Crippen LogP contribution < -0.4 is 14.2 Å². The molecular weight excluding hydrogens is 440 g/mol. The van der Waals surface area contributed by atoms with E-state index in [0.717, 1.165) is 10.0 Å². The molecule has 26 heavy (non-hydrogen) atoms. The Labute approximate surface area is 164 Å². The topological polar surface area (TPSA) is 77.5 Å². The Morgan fingerprint density at radius 1 is 1.04 bits per heavy atom. The monoisotopic (exact) mass is 454 g/mol. The van der Waals surface area contributed by atoms with E-state index in [1.807, 2.05) is 24.3 Å². The summed E-state index contributed by atoms with van der Waals surface area (Å²) in [4.78, 5) is 4.42. The number of hydrogen-bond acceptors (Lipinski definition) is 6. The molecule has 3 aromatic rings. The smallest absolute Gasteiger partial charge is 0.263 e. The summed E-state index contributed by atoms with van der Waals surface area (Å²) in [5.74, 6) is 0.795. The van der Waals surface area contributed by atoms with Crippen LogP contribution in [0.1, 0.15) is 0 Å². The van der Waals surface area contributed by atoms with Crippen LogP contribution >= 0.6 is 27.3 Å². The van der Waals surface area contributed by atoms with Gasteiger partial charge in [-0.05, 0) is 24.3 Å². The van der Waals surface area contributed by atoms with E-state index in [-0.39, 0.29) is 10.0 Å². The van der Waals surface area contributed by atoms with Crippen LogP contribution in [0.4, 0.5) is 5.13 Å². The largest absolute Gasteiger partial charge is 0.493 e. The second-order valence-electron chi connectivity index (χ2n) is 5.17. The first kappa shape index (κ1) is 18.7. The molecule has 0 fully saturated rings. The maximum atomic E-state index is 12.6. The van der Waals surface area contributed by atoms with Crippen LogP contribution in [-0.2, 0) is 10.0 Å². The number of benzene rings is 2. The Balaban J connectivity index is 1.85. The molecule has 136 valence electrons. The molecule has 0 saturated heterocycles. The van der Waals surface area contributed by atoms with Crippen molar-refractivity contribution in [3.05, 3.63) is 52.3 Å². The molecule has 1 N–H and O–H groups in total. The quantitative estimate of drug-likeness (QED) is 0.597. The Kier molecular flexibility index (Phi) is 5.49. The summed E-state index contributed by atoms with van der Waals surface area (Å²) >= 11 is 4.60. The molecule has 0 bridgehead atoms. The van der Waals surface area contributed by atoms with Crippen LogP contribution in [0.15, 0.2) is 57.2 Å². The maximum Gasteiger partial charge on any atom is 0.263 e. The second-order valence-corrected chi connectivity index (χ2v) is 8.62. The highest BCUT2D eigenvalue weighted by Crippen LogP contribution is 2.31. The lowest BCUT2D eigenvalue weighted by Crippen LogP contribution is -2.13. The number of hydrogen-bond donors (Lipinski definition) is 1. The lowest BCUT2D eigenvalue weighted by molar-refractivity contribution is 0.354. The summed E-state index contributed by atoms with van der Waals surface area (Å²) in [5, 5.41) is 2.09. The van der Waals surface area contributed by atoms with E-state index in [4.69, 9.17) is 9.47 Å². The average molecular weight is 455 g/mol. The van der Waals surface area contributed by atoms with E-state index in [2.05, 4.69) is 25.6 Å². The normalized spacial score (nSPS) is 11.2. The van der Waals surface area contributed by atoms with Crippen LogP contribution in [-0.4, -0.2) is 27.6 Å². The number of thiazole rings is 1. The van der Waals surface area contributed by atoms with Gasteiger partial charge in [0.1, 0.15) is 0 Å². The van der Waals surface area contributed by atoms with Gasteiger partial charge in [-0.25, -0.2) is 13.4 Å². The van der Waals surface area contributed by atoms with Crippen molar-refractivity contribution in [2.24, 2.45) is 0 Å². The fourth-order valence-electron chi connectivity index (χ4n) is 2.23. The van der Waals surface area contributed by atoms with Crippen molar-refractivity contribution in [1.29, 1.82) is 0 Å². The summed E-state index contributed by atoms with van der Waals surface area (Å²) in [7, 11) is -0.851. The second kappa shape index (κ2) is 7.65. The Morgan fingerprint density at radius 3 is 2.38 bits per heavy atom. The molecule has 1 aromatic heterocycles. The Bertz CT molecular complexity index is 1020. The van der Waals surface area contributed by atoms with Crippen LogP contribution in [0.25, 0.3) is 11.3 Å². The van der Waals surface area contributed by atoms with Crippen LogP contribution in [0.3, 0.4) is 0 Å². The van der Waals surface area contributed by atoms with Crippen LogP contribution in [0.5, 0.6) is 11.5 Å². The molecule has 0 aliphatic carbocycles. The highest BCUT2D eigenvalue weighted by Gasteiger charge is 2.19. The SMILES string of the molecule is COc1ccc(S(=O)(=O)Nc2nc(-c3ccc(Br)cc3)cs2)cc1OC. The van der Waals surface area contributed by atoms with Gasteiger partial charge in [-0.15, -0.1) is 11.3 Å². The third-order valence-electron chi connectivity index (χ3n) is 3.53. The van der Waals surface area contributed by atoms with Crippen molar-refractivity contribution in [3.8, 4) is 22.8 Å². The number of ether oxygens (including phenoxy) is 2. The molecule has 1 heterocycles. The van der Waals surface area contributed by atoms with Crippen LogP contribution in [0.2, 0.25) is 0 Å². The van der Waals surface area contributed by atoms with Crippen molar-refractivity contribution < 1.29 is 17.9 Å². The number of halogens is 1. The highest BCUT2D eigenvalue weighted by molar-refractivity contribution is 9.10. The molecule has 0 aliphatic rings. The van der Waals surface area contributed by atoms with Gasteiger partial charge in [-0.3, -0.25) is 4.72 Å². The number of anilines is 1. The minimum Gasteiger partial charge on any atom is -0.493 e. The molecule has 0 aliphatic heterocycles. The fourth-order valence-corrected chi connectivity index (χ4v) is 4.48. The van der Waals surface area contributed by atoms with Crippen molar-refractivity contribution in [2.45, 2.75) is 4.90 Å². The van der Waals surface area contributed by atoms with Gasteiger partial charge >= 0.3 is 0 Å². The zero-order valence-electron chi connectivity index (χ0n) is 13.9. The molecule has 9 heteroatoms. The minimum absolute atomic E-state index is 0.0653. The summed E-state index contributed by atoms with van der Waals surface area (Å²) in [5.41, 5.74) is 1.61. The molecule has 0 saturated carbocycles. The van der Waals surface area contributed by atoms with E-state index in [1.165, 1.54) is 37.7 Å². The maximum absolute atomic E-state index is 12.6. The summed E-state index contributed by atoms with van der Waals surface area (Å²) in [6, 6.07) is 12.0. The summed E-state index contributed by atoms with van der Waals surface area (Å²) in [6.45, 7) is 0. The van der Waals surface area contributed by atoms with E-state index in [9.17, 15) is 8.42 Å². The molecule has 6 nitrogen and oxygen atoms in total. The number of aromatic nitrogens is 1. The first-order valence-electron chi connectivity index (χ1n) is 7.39. The number of sulfonamides is 1. The van der Waals surface area contributed by atoms with E-state index >= 15 is 0 Å².